The molecule has 2 fully saturated rings. The molecular weight excluding hydrogens is 514 g/mol. The van der Waals surface area contributed by atoms with Gasteiger partial charge in [-0.1, -0.05) is 24.3 Å². The number of hydroxylamine groups is 1. The monoisotopic (exact) mass is 553 g/mol. The van der Waals surface area contributed by atoms with Crippen molar-refractivity contribution in [3.63, 3.8) is 0 Å². The third-order valence-corrected chi connectivity index (χ3v) is 7.65. The fourth-order valence-corrected chi connectivity index (χ4v) is 5.18. The number of anilines is 1. The summed E-state index contributed by atoms with van der Waals surface area (Å²) in [4.78, 5) is 41.5. The first-order valence-corrected chi connectivity index (χ1v) is 13.8. The lowest BCUT2D eigenvalue weighted by atomic mass is 10.0. The van der Waals surface area contributed by atoms with Gasteiger partial charge in [-0.05, 0) is 74.9 Å². The van der Waals surface area contributed by atoms with Crippen LogP contribution in [-0.4, -0.2) is 93.0 Å². The highest BCUT2D eigenvalue weighted by molar-refractivity contribution is 5.98. The number of carbonyl (C=O) groups excluding carboxylic acids is 3. The first-order valence-electron chi connectivity index (χ1n) is 13.8. The number of aliphatic hydroxyl groups is 2. The molecule has 6 N–H and O–H groups in total. The highest BCUT2D eigenvalue weighted by Crippen LogP contribution is 2.32. The lowest BCUT2D eigenvalue weighted by molar-refractivity contribution is -0.133. The van der Waals surface area contributed by atoms with Crippen molar-refractivity contribution in [1.29, 1.82) is 0 Å². The molecule has 11 heteroatoms. The van der Waals surface area contributed by atoms with Gasteiger partial charge < -0.3 is 20.8 Å². The summed E-state index contributed by atoms with van der Waals surface area (Å²) in [5, 5.41) is 33.8. The van der Waals surface area contributed by atoms with Gasteiger partial charge in [0.05, 0.1) is 12.6 Å². The van der Waals surface area contributed by atoms with Crippen molar-refractivity contribution in [2.45, 2.75) is 70.0 Å². The molecule has 3 atom stereocenters. The predicted octanol–water partition coefficient (Wildman–Crippen LogP) is 1.54. The Morgan fingerprint density at radius 2 is 1.45 bits per heavy atom. The molecule has 2 aromatic rings. The van der Waals surface area contributed by atoms with Crippen molar-refractivity contribution >= 4 is 23.4 Å². The number of nitrogens with one attached hydrogen (secondary N) is 3. The number of hydrogen-bond donors (Lipinski definition) is 6. The summed E-state index contributed by atoms with van der Waals surface area (Å²) in [6, 6.07) is 13.7. The third-order valence-electron chi connectivity index (χ3n) is 7.65. The molecule has 1 saturated carbocycles. The average molecular weight is 554 g/mol. The maximum Gasteiger partial charge on any atom is 0.268 e. The van der Waals surface area contributed by atoms with Gasteiger partial charge in [-0.2, -0.15) is 0 Å². The molecule has 0 unspecified atom stereocenters. The predicted molar refractivity (Wildman–Crippen MR) is 149 cm³/mol. The molecule has 4 rings (SSSR count). The van der Waals surface area contributed by atoms with Crippen LogP contribution in [-0.2, 0) is 9.59 Å². The lowest BCUT2D eigenvalue weighted by Gasteiger charge is -2.39. The SMILES string of the molecule is C[C@@H](O)[C@H](NC(=O)c1ccc(-c2ccc(NC(=O)CN(C3CC3)C3CCN([C@@H](C)O)CC3)cc2)cc1)C(=O)NO. The molecule has 2 aromatic carbocycles. The number of likely N-dealkylation sites (tertiary alicyclic amines) is 1. The van der Waals surface area contributed by atoms with E-state index in [1.54, 1.807) is 31.2 Å². The second kappa shape index (κ2) is 13.3. The molecule has 11 nitrogen and oxygen atoms in total. The number of hydrogen-bond acceptors (Lipinski definition) is 8. The van der Waals surface area contributed by atoms with E-state index in [1.165, 1.54) is 12.4 Å². The van der Waals surface area contributed by atoms with Crippen molar-refractivity contribution in [3.8, 4) is 11.1 Å². The summed E-state index contributed by atoms with van der Waals surface area (Å²) in [7, 11) is 0. The molecular formula is C29H39N5O6. The van der Waals surface area contributed by atoms with Gasteiger partial charge in [0.1, 0.15) is 12.3 Å². The van der Waals surface area contributed by atoms with Crippen molar-refractivity contribution < 1.29 is 29.8 Å². The van der Waals surface area contributed by atoms with Crippen LogP contribution in [0.3, 0.4) is 0 Å². The zero-order chi connectivity index (χ0) is 28.8. The molecule has 40 heavy (non-hydrogen) atoms. The number of carbonyl (C=O) groups is 3. The van der Waals surface area contributed by atoms with E-state index in [2.05, 4.69) is 20.4 Å². The Kier molecular flexibility index (Phi) is 9.88. The zero-order valence-electron chi connectivity index (χ0n) is 22.9. The molecule has 0 aromatic heterocycles. The van der Waals surface area contributed by atoms with Crippen LogP contribution >= 0.6 is 0 Å². The Balaban J connectivity index is 1.31. The summed E-state index contributed by atoms with van der Waals surface area (Å²) in [6.45, 7) is 5.16. The van der Waals surface area contributed by atoms with Crippen molar-refractivity contribution in [1.82, 2.24) is 20.6 Å². The van der Waals surface area contributed by atoms with Crippen LogP contribution in [0.4, 0.5) is 5.69 Å². The molecule has 0 spiro atoms. The molecule has 0 radical (unpaired) electrons. The van der Waals surface area contributed by atoms with Gasteiger partial charge in [0.15, 0.2) is 0 Å². The Labute approximate surface area is 234 Å². The Morgan fingerprint density at radius 1 is 0.900 bits per heavy atom. The second-order valence-electron chi connectivity index (χ2n) is 10.7. The molecule has 0 bridgehead atoms. The maximum absolute atomic E-state index is 12.9. The van der Waals surface area contributed by atoms with Crippen LogP contribution in [0, 0.1) is 0 Å². The van der Waals surface area contributed by atoms with Crippen LogP contribution in [0.2, 0.25) is 0 Å². The van der Waals surface area contributed by atoms with Crippen molar-refractivity contribution in [2.24, 2.45) is 0 Å². The molecule has 216 valence electrons. The molecule has 2 aliphatic rings. The average Bonchev–Trinajstić information content (AvgIpc) is 3.80. The maximum atomic E-state index is 12.9. The van der Waals surface area contributed by atoms with E-state index >= 15 is 0 Å². The minimum absolute atomic E-state index is 0.0432. The third kappa shape index (κ3) is 7.64. The summed E-state index contributed by atoms with van der Waals surface area (Å²) < 4.78 is 0. The van der Waals surface area contributed by atoms with Crippen LogP contribution in [0.5, 0.6) is 0 Å². The minimum atomic E-state index is -1.29. The van der Waals surface area contributed by atoms with Crippen molar-refractivity contribution in [3.05, 3.63) is 54.1 Å². The molecule has 1 saturated heterocycles. The number of rotatable bonds is 11. The van der Waals surface area contributed by atoms with Crippen LogP contribution in [0.25, 0.3) is 11.1 Å². The van der Waals surface area contributed by atoms with E-state index in [0.717, 1.165) is 49.9 Å². The van der Waals surface area contributed by atoms with E-state index in [9.17, 15) is 24.6 Å². The highest BCUT2D eigenvalue weighted by Gasteiger charge is 2.37. The van der Waals surface area contributed by atoms with Crippen molar-refractivity contribution in [2.75, 3.05) is 25.0 Å². The quantitative estimate of drug-likeness (QED) is 0.181. The lowest BCUT2D eigenvalue weighted by Crippen LogP contribution is -2.51. The Hall–Kier alpha value is -3.35. The largest absolute Gasteiger partial charge is 0.391 e. The minimum Gasteiger partial charge on any atom is -0.391 e. The number of amides is 3. The summed E-state index contributed by atoms with van der Waals surface area (Å²) in [6.07, 6.45) is 2.51. The topological polar surface area (TPSA) is 154 Å². The van der Waals surface area contributed by atoms with Gasteiger partial charge in [-0.15, -0.1) is 0 Å². The summed E-state index contributed by atoms with van der Waals surface area (Å²) >= 11 is 0. The number of piperidine rings is 1. The number of benzene rings is 2. The summed E-state index contributed by atoms with van der Waals surface area (Å²) in [5.74, 6) is -1.52. The molecule has 1 aliphatic heterocycles. The van der Waals surface area contributed by atoms with E-state index in [4.69, 9.17) is 5.21 Å². The first kappa shape index (κ1) is 29.6. The smallest absolute Gasteiger partial charge is 0.268 e. The fourth-order valence-electron chi connectivity index (χ4n) is 5.18. The van der Waals surface area contributed by atoms with Crippen LogP contribution in [0.15, 0.2) is 48.5 Å². The van der Waals surface area contributed by atoms with Gasteiger partial charge in [0.25, 0.3) is 11.8 Å². The standard InChI is InChI=1S/C29H39N5O6/c1-18(35)27(29(39)32-40)31-28(38)22-5-3-20(4-6-22)21-7-9-23(10-8-21)30-26(37)17-34(24-11-12-24)25-13-15-33(16-14-25)19(2)36/h3-10,18-19,24-25,27,35-36,40H,11-17H2,1-2H3,(H,30,37)(H,31,38)(H,32,39)/t18-,19-,27+/m1/s1. The Bertz CT molecular complexity index is 1160. The first-order chi connectivity index (χ1) is 19.2. The van der Waals surface area contributed by atoms with Gasteiger partial charge in [0.2, 0.25) is 5.91 Å². The van der Waals surface area contributed by atoms with E-state index in [-0.39, 0.29) is 5.91 Å². The zero-order valence-corrected chi connectivity index (χ0v) is 22.9. The van der Waals surface area contributed by atoms with Gasteiger partial charge in [0, 0.05) is 36.4 Å². The normalized spacial score (nSPS) is 18.6. The number of aliphatic hydroxyl groups excluding tert-OH is 2. The number of nitrogens with zero attached hydrogens (tertiary/aromatic N) is 2. The fraction of sp³-hybridized carbons (Fsp3) is 0.483. The van der Waals surface area contributed by atoms with E-state index < -0.39 is 30.2 Å². The molecule has 1 heterocycles. The van der Waals surface area contributed by atoms with Gasteiger partial charge >= 0.3 is 0 Å². The van der Waals surface area contributed by atoms with E-state index in [0.29, 0.717) is 29.9 Å². The molecule has 3 amide bonds. The Morgan fingerprint density at radius 3 is 1.95 bits per heavy atom. The van der Waals surface area contributed by atoms with E-state index in [1.807, 2.05) is 24.3 Å². The highest BCUT2D eigenvalue weighted by atomic mass is 16.5. The van der Waals surface area contributed by atoms with Crippen LogP contribution in [0.1, 0.15) is 49.9 Å². The summed E-state index contributed by atoms with van der Waals surface area (Å²) in [5.41, 5.74) is 4.19. The molecule has 1 aliphatic carbocycles. The van der Waals surface area contributed by atoms with Gasteiger partial charge in [-0.3, -0.25) is 29.4 Å². The van der Waals surface area contributed by atoms with Crippen LogP contribution < -0.4 is 16.1 Å². The second-order valence-corrected chi connectivity index (χ2v) is 10.7. The van der Waals surface area contributed by atoms with Gasteiger partial charge in [-0.25, -0.2) is 5.48 Å².